The van der Waals surface area contributed by atoms with Gasteiger partial charge >= 0.3 is 0 Å². The molecule has 0 N–H and O–H groups in total. The van der Waals surface area contributed by atoms with Gasteiger partial charge in [0.15, 0.2) is 0 Å². The molecule has 1 fully saturated rings. The number of likely N-dealkylation sites (tertiary alicyclic amines) is 1. The summed E-state index contributed by atoms with van der Waals surface area (Å²) >= 11 is 0. The second-order valence-electron chi connectivity index (χ2n) is 5.13. The van der Waals surface area contributed by atoms with Crippen LogP contribution in [0.5, 0.6) is 0 Å². The van der Waals surface area contributed by atoms with Crippen molar-refractivity contribution in [2.75, 3.05) is 6.54 Å². The van der Waals surface area contributed by atoms with Gasteiger partial charge in [0.05, 0.1) is 0 Å². The summed E-state index contributed by atoms with van der Waals surface area (Å²) in [5.41, 5.74) is 1.39. The van der Waals surface area contributed by atoms with E-state index in [0.717, 1.165) is 5.56 Å². The maximum Gasteiger partial charge on any atom is 0.260 e. The highest BCUT2D eigenvalue weighted by Crippen LogP contribution is 2.29. The topological polar surface area (TPSA) is 37.4 Å². The summed E-state index contributed by atoms with van der Waals surface area (Å²) in [6, 6.07) is 14.9. The summed E-state index contributed by atoms with van der Waals surface area (Å²) in [4.78, 5) is 25.7. The number of hydrogen-bond donors (Lipinski definition) is 0. The number of amides is 2. The van der Waals surface area contributed by atoms with Crippen LogP contribution in [0.15, 0.2) is 54.6 Å². The Bertz CT molecular complexity index is 667. The van der Waals surface area contributed by atoms with Crippen LogP contribution >= 0.6 is 0 Å². The molecule has 106 valence electrons. The monoisotopic (exact) mass is 283 g/mol. The number of benzene rings is 2. The molecule has 3 rings (SSSR count). The normalized spacial score (nSPS) is 18.0. The Kier molecular flexibility index (Phi) is 3.52. The largest absolute Gasteiger partial charge is 0.278 e. The van der Waals surface area contributed by atoms with Gasteiger partial charge in [0.25, 0.3) is 5.91 Å². The van der Waals surface area contributed by atoms with E-state index in [1.54, 1.807) is 0 Å². The highest BCUT2D eigenvalue weighted by atomic mass is 19.1. The highest BCUT2D eigenvalue weighted by Gasteiger charge is 2.34. The number of hydrogen-bond acceptors (Lipinski definition) is 2. The predicted molar refractivity (Wildman–Crippen MR) is 76.2 cm³/mol. The van der Waals surface area contributed by atoms with Gasteiger partial charge < -0.3 is 0 Å². The molecule has 4 heteroatoms. The second-order valence-corrected chi connectivity index (χ2v) is 5.13. The molecule has 21 heavy (non-hydrogen) atoms. The number of halogens is 1. The molecule has 0 radical (unpaired) electrons. The minimum Gasteiger partial charge on any atom is -0.278 e. The van der Waals surface area contributed by atoms with Crippen LogP contribution in [0.25, 0.3) is 0 Å². The van der Waals surface area contributed by atoms with Crippen molar-refractivity contribution in [1.29, 1.82) is 0 Å². The molecule has 1 atom stereocenters. The third kappa shape index (κ3) is 2.70. The van der Waals surface area contributed by atoms with Gasteiger partial charge in [-0.25, -0.2) is 4.39 Å². The Balaban J connectivity index is 1.79. The molecule has 3 nitrogen and oxygen atoms in total. The van der Waals surface area contributed by atoms with Crippen molar-refractivity contribution in [3.63, 3.8) is 0 Å². The van der Waals surface area contributed by atoms with Crippen molar-refractivity contribution < 1.29 is 14.0 Å². The van der Waals surface area contributed by atoms with Crippen molar-refractivity contribution >= 4 is 11.8 Å². The summed E-state index contributed by atoms with van der Waals surface area (Å²) in [6.07, 6.45) is 0.330. The molecule has 0 spiro atoms. The van der Waals surface area contributed by atoms with Crippen LogP contribution in [-0.4, -0.2) is 23.3 Å². The Morgan fingerprint density at radius 3 is 2.38 bits per heavy atom. The minimum absolute atomic E-state index is 0.0306. The standard InChI is InChI=1S/C17H14FNO2/c18-15-8-6-13(7-9-15)17(21)19-11-14(10-16(19)20)12-4-2-1-3-5-12/h1-9,14H,10-11H2/t14-/m1/s1. The molecular formula is C17H14FNO2. The first-order valence-electron chi connectivity index (χ1n) is 6.80. The van der Waals surface area contributed by atoms with Gasteiger partial charge in [0.2, 0.25) is 5.91 Å². The molecular weight excluding hydrogens is 269 g/mol. The lowest BCUT2D eigenvalue weighted by molar-refractivity contribution is -0.125. The molecule has 2 aromatic rings. The quantitative estimate of drug-likeness (QED) is 0.795. The van der Waals surface area contributed by atoms with Crippen LogP contribution < -0.4 is 0 Å². The molecule has 1 saturated heterocycles. The zero-order chi connectivity index (χ0) is 14.8. The van der Waals surface area contributed by atoms with E-state index < -0.39 is 5.82 Å². The number of nitrogens with zero attached hydrogens (tertiary/aromatic N) is 1. The number of carbonyl (C=O) groups is 2. The molecule has 0 aliphatic carbocycles. The fraction of sp³-hybridized carbons (Fsp3) is 0.176. The zero-order valence-corrected chi connectivity index (χ0v) is 11.3. The van der Waals surface area contributed by atoms with Crippen molar-refractivity contribution in [2.45, 2.75) is 12.3 Å². The molecule has 0 bridgehead atoms. The Labute approximate surface area is 122 Å². The zero-order valence-electron chi connectivity index (χ0n) is 11.3. The summed E-state index contributed by atoms with van der Waals surface area (Å²) in [6.45, 7) is 0.374. The van der Waals surface area contributed by atoms with Gasteiger partial charge in [-0.3, -0.25) is 14.5 Å². The maximum atomic E-state index is 12.9. The van der Waals surface area contributed by atoms with Crippen LogP contribution in [0, 0.1) is 5.82 Å². The van der Waals surface area contributed by atoms with Crippen LogP contribution in [0.4, 0.5) is 4.39 Å². The summed E-state index contributed by atoms with van der Waals surface area (Å²) in [5.74, 6) is -0.916. The number of carbonyl (C=O) groups excluding carboxylic acids is 2. The van der Waals surface area contributed by atoms with E-state index in [-0.39, 0.29) is 17.7 Å². The molecule has 0 unspecified atom stereocenters. The first-order chi connectivity index (χ1) is 10.1. The third-order valence-corrected chi connectivity index (χ3v) is 3.73. The number of rotatable bonds is 2. The van der Waals surface area contributed by atoms with E-state index in [1.807, 2.05) is 30.3 Å². The Morgan fingerprint density at radius 2 is 1.71 bits per heavy atom. The fourth-order valence-corrected chi connectivity index (χ4v) is 2.60. The van der Waals surface area contributed by atoms with Gasteiger partial charge in [0.1, 0.15) is 5.82 Å². The molecule has 2 aromatic carbocycles. The van der Waals surface area contributed by atoms with Crippen LogP contribution in [0.2, 0.25) is 0 Å². The lowest BCUT2D eigenvalue weighted by atomic mass is 9.98. The summed E-state index contributed by atoms with van der Waals surface area (Å²) < 4.78 is 12.9. The van der Waals surface area contributed by atoms with Crippen molar-refractivity contribution in [3.05, 3.63) is 71.5 Å². The average Bonchev–Trinajstić information content (AvgIpc) is 2.90. The maximum absolute atomic E-state index is 12.9. The third-order valence-electron chi connectivity index (χ3n) is 3.73. The molecule has 1 aliphatic rings. The van der Waals surface area contributed by atoms with E-state index in [1.165, 1.54) is 29.2 Å². The van der Waals surface area contributed by atoms with Crippen LogP contribution in [-0.2, 0) is 4.79 Å². The van der Waals surface area contributed by atoms with E-state index in [2.05, 4.69) is 0 Å². The van der Waals surface area contributed by atoms with Crippen LogP contribution in [0.1, 0.15) is 28.3 Å². The molecule has 2 amide bonds. The van der Waals surface area contributed by atoms with Gasteiger partial charge in [-0.05, 0) is 29.8 Å². The van der Waals surface area contributed by atoms with E-state index in [0.29, 0.717) is 18.5 Å². The summed E-state index contributed by atoms with van der Waals surface area (Å²) in [7, 11) is 0. The first kappa shape index (κ1) is 13.5. The van der Waals surface area contributed by atoms with Crippen molar-refractivity contribution in [1.82, 2.24) is 4.90 Å². The Hall–Kier alpha value is -2.49. The van der Waals surface area contributed by atoms with E-state index >= 15 is 0 Å². The predicted octanol–water partition coefficient (Wildman–Crippen LogP) is 2.98. The average molecular weight is 283 g/mol. The fourth-order valence-electron chi connectivity index (χ4n) is 2.60. The number of imide groups is 1. The minimum atomic E-state index is -0.401. The highest BCUT2D eigenvalue weighted by molar-refractivity contribution is 6.06. The second kappa shape index (κ2) is 5.48. The van der Waals surface area contributed by atoms with Gasteiger partial charge in [-0.1, -0.05) is 30.3 Å². The van der Waals surface area contributed by atoms with Gasteiger partial charge in [-0.2, -0.15) is 0 Å². The van der Waals surface area contributed by atoms with Crippen LogP contribution in [0.3, 0.4) is 0 Å². The molecule has 0 aromatic heterocycles. The lowest BCUT2D eigenvalue weighted by Crippen LogP contribution is -2.32. The van der Waals surface area contributed by atoms with Crippen molar-refractivity contribution in [3.8, 4) is 0 Å². The first-order valence-corrected chi connectivity index (χ1v) is 6.80. The molecule has 1 heterocycles. The molecule has 1 aliphatic heterocycles. The van der Waals surface area contributed by atoms with Gasteiger partial charge in [-0.15, -0.1) is 0 Å². The van der Waals surface area contributed by atoms with Gasteiger partial charge in [0, 0.05) is 24.4 Å². The Morgan fingerprint density at radius 1 is 1.05 bits per heavy atom. The lowest BCUT2D eigenvalue weighted by Gasteiger charge is -2.15. The van der Waals surface area contributed by atoms with E-state index in [9.17, 15) is 14.0 Å². The molecule has 0 saturated carbocycles. The SMILES string of the molecule is O=C1C[C@@H](c2ccccc2)CN1C(=O)c1ccc(F)cc1. The summed E-state index contributed by atoms with van der Waals surface area (Å²) in [5, 5.41) is 0. The smallest absolute Gasteiger partial charge is 0.260 e. The van der Waals surface area contributed by atoms with E-state index in [4.69, 9.17) is 0 Å². The van der Waals surface area contributed by atoms with Crippen molar-refractivity contribution in [2.24, 2.45) is 0 Å².